The molecule has 1 aliphatic rings. The van der Waals surface area contributed by atoms with Crippen molar-refractivity contribution in [1.82, 2.24) is 5.32 Å². The molecule has 0 radical (unpaired) electrons. The molecule has 0 bridgehead atoms. The van der Waals surface area contributed by atoms with E-state index in [0.29, 0.717) is 19.5 Å². The van der Waals surface area contributed by atoms with Crippen LogP contribution in [0.25, 0.3) is 0 Å². The van der Waals surface area contributed by atoms with Crippen LogP contribution in [0.3, 0.4) is 0 Å². The van der Waals surface area contributed by atoms with Gasteiger partial charge in [-0.15, -0.1) is 12.4 Å². The zero-order valence-corrected chi connectivity index (χ0v) is 14.5. The number of nitrogens with two attached hydrogens (primary N) is 1. The van der Waals surface area contributed by atoms with Crippen molar-refractivity contribution in [3.63, 3.8) is 0 Å². The summed E-state index contributed by atoms with van der Waals surface area (Å²) in [6, 6.07) is 7.76. The van der Waals surface area contributed by atoms with E-state index in [-0.39, 0.29) is 23.7 Å². The van der Waals surface area contributed by atoms with Crippen molar-refractivity contribution < 1.29 is 4.79 Å². The van der Waals surface area contributed by atoms with Crippen molar-refractivity contribution in [2.24, 2.45) is 11.1 Å². The monoisotopic (exact) mass is 344 g/mol. The van der Waals surface area contributed by atoms with Gasteiger partial charge in [-0.05, 0) is 42.9 Å². The zero-order chi connectivity index (χ0) is 15.1. The molecule has 2 rings (SSSR count). The Balaban J connectivity index is 0.00000242. The summed E-state index contributed by atoms with van der Waals surface area (Å²) in [5.41, 5.74) is 7.04. The minimum Gasteiger partial charge on any atom is -0.356 e. The van der Waals surface area contributed by atoms with E-state index in [0.717, 1.165) is 29.8 Å². The van der Waals surface area contributed by atoms with E-state index in [2.05, 4.69) is 5.32 Å². The molecule has 0 unspecified atom stereocenters. The summed E-state index contributed by atoms with van der Waals surface area (Å²) in [5, 5.41) is 3.77. The Bertz CT molecular complexity index is 473. The molecule has 22 heavy (non-hydrogen) atoms. The van der Waals surface area contributed by atoms with Crippen LogP contribution in [0.15, 0.2) is 24.3 Å². The second kappa shape index (κ2) is 9.39. The molecule has 1 aliphatic carbocycles. The Morgan fingerprint density at radius 2 is 1.91 bits per heavy atom. The highest BCUT2D eigenvalue weighted by Crippen LogP contribution is 2.38. The maximum atomic E-state index is 12.2. The third-order valence-corrected chi connectivity index (χ3v) is 4.93. The van der Waals surface area contributed by atoms with Gasteiger partial charge in [0.2, 0.25) is 5.91 Å². The molecule has 1 amide bonds. The number of benzene rings is 1. The van der Waals surface area contributed by atoms with Gasteiger partial charge in [0.25, 0.3) is 0 Å². The normalized spacial score (nSPS) is 16.6. The van der Waals surface area contributed by atoms with E-state index in [1.165, 1.54) is 19.3 Å². The van der Waals surface area contributed by atoms with Gasteiger partial charge in [0.05, 0.1) is 0 Å². The fraction of sp³-hybridized carbons (Fsp3) is 0.588. The van der Waals surface area contributed by atoms with Crippen molar-refractivity contribution in [3.8, 4) is 0 Å². The second-order valence-corrected chi connectivity index (χ2v) is 6.54. The summed E-state index contributed by atoms with van der Waals surface area (Å²) >= 11 is 6.11. The third kappa shape index (κ3) is 5.45. The Labute approximate surface area is 144 Å². The number of nitrogens with one attached hydrogen (secondary N) is 1. The van der Waals surface area contributed by atoms with Crippen molar-refractivity contribution in [2.45, 2.75) is 44.9 Å². The molecule has 0 atom stereocenters. The Hall–Kier alpha value is -0.770. The lowest BCUT2D eigenvalue weighted by atomic mass is 9.71. The van der Waals surface area contributed by atoms with E-state index >= 15 is 0 Å². The number of hydrogen-bond donors (Lipinski definition) is 2. The molecular formula is C17H26Cl2N2O. The Morgan fingerprint density at radius 3 is 2.55 bits per heavy atom. The summed E-state index contributed by atoms with van der Waals surface area (Å²) in [6.45, 7) is 1.24. The van der Waals surface area contributed by atoms with Crippen LogP contribution in [0, 0.1) is 5.41 Å². The molecular weight excluding hydrogens is 319 g/mol. The fourth-order valence-corrected chi connectivity index (χ4v) is 3.43. The largest absolute Gasteiger partial charge is 0.356 e. The molecule has 3 nitrogen and oxygen atoms in total. The van der Waals surface area contributed by atoms with Gasteiger partial charge >= 0.3 is 0 Å². The highest BCUT2D eigenvalue weighted by Gasteiger charge is 2.32. The molecule has 5 heteroatoms. The SMILES string of the molecule is Cl.NCC1(CC(=O)NCCc2ccccc2Cl)CCCCC1. The van der Waals surface area contributed by atoms with Crippen molar-refractivity contribution in [1.29, 1.82) is 0 Å². The molecule has 124 valence electrons. The minimum atomic E-state index is 0. The number of halogens is 2. The minimum absolute atomic E-state index is 0. The molecule has 1 aromatic carbocycles. The maximum absolute atomic E-state index is 12.2. The van der Waals surface area contributed by atoms with Gasteiger partial charge in [0.1, 0.15) is 0 Å². The van der Waals surface area contributed by atoms with Crippen LogP contribution in [0.4, 0.5) is 0 Å². The first-order chi connectivity index (χ1) is 10.2. The summed E-state index contributed by atoms with van der Waals surface area (Å²) in [6.07, 6.45) is 7.17. The molecule has 1 fully saturated rings. The standard InChI is InChI=1S/C17H25ClN2O.ClH/c18-15-7-3-2-6-14(15)8-11-20-16(21)12-17(13-19)9-4-1-5-10-17;/h2-3,6-7H,1,4-5,8-13,19H2,(H,20,21);1H. The zero-order valence-electron chi connectivity index (χ0n) is 12.9. The van der Waals surface area contributed by atoms with E-state index in [1.807, 2.05) is 24.3 Å². The highest BCUT2D eigenvalue weighted by atomic mass is 35.5. The summed E-state index contributed by atoms with van der Waals surface area (Å²) in [5.74, 6) is 0.120. The highest BCUT2D eigenvalue weighted by molar-refractivity contribution is 6.31. The summed E-state index contributed by atoms with van der Waals surface area (Å²) < 4.78 is 0. The lowest BCUT2D eigenvalue weighted by Crippen LogP contribution is -2.39. The van der Waals surface area contributed by atoms with Gasteiger partial charge in [-0.1, -0.05) is 49.1 Å². The van der Waals surface area contributed by atoms with Gasteiger partial charge in [-0.3, -0.25) is 4.79 Å². The second-order valence-electron chi connectivity index (χ2n) is 6.13. The van der Waals surface area contributed by atoms with Gasteiger partial charge in [0.15, 0.2) is 0 Å². The molecule has 3 N–H and O–H groups in total. The van der Waals surface area contributed by atoms with E-state index in [4.69, 9.17) is 17.3 Å². The van der Waals surface area contributed by atoms with E-state index < -0.39 is 0 Å². The number of hydrogen-bond acceptors (Lipinski definition) is 2. The number of carbonyl (C=O) groups is 1. The first kappa shape index (κ1) is 19.3. The van der Waals surface area contributed by atoms with Crippen LogP contribution in [0.2, 0.25) is 5.02 Å². The van der Waals surface area contributed by atoms with Gasteiger partial charge in [0, 0.05) is 18.0 Å². The van der Waals surface area contributed by atoms with Crippen molar-refractivity contribution in [3.05, 3.63) is 34.9 Å². The third-order valence-electron chi connectivity index (χ3n) is 4.56. The van der Waals surface area contributed by atoms with Crippen LogP contribution < -0.4 is 11.1 Å². The molecule has 0 aliphatic heterocycles. The quantitative estimate of drug-likeness (QED) is 0.826. The number of carbonyl (C=O) groups excluding carboxylic acids is 1. The molecule has 0 aromatic heterocycles. The first-order valence-corrected chi connectivity index (χ1v) is 8.23. The van der Waals surface area contributed by atoms with E-state index in [1.54, 1.807) is 0 Å². The summed E-state index contributed by atoms with van der Waals surface area (Å²) in [4.78, 5) is 12.2. The number of amides is 1. The van der Waals surface area contributed by atoms with Crippen LogP contribution in [-0.2, 0) is 11.2 Å². The predicted molar refractivity (Wildman–Crippen MR) is 94.6 cm³/mol. The average Bonchev–Trinajstić information content (AvgIpc) is 2.50. The van der Waals surface area contributed by atoms with Crippen molar-refractivity contribution >= 4 is 29.9 Å². The smallest absolute Gasteiger partial charge is 0.220 e. The Kier molecular flexibility index (Phi) is 8.23. The van der Waals surface area contributed by atoms with Crippen LogP contribution >= 0.6 is 24.0 Å². The van der Waals surface area contributed by atoms with Crippen molar-refractivity contribution in [2.75, 3.05) is 13.1 Å². The number of rotatable bonds is 6. The molecule has 1 saturated carbocycles. The van der Waals surface area contributed by atoms with E-state index in [9.17, 15) is 4.79 Å². The summed E-state index contributed by atoms with van der Waals surface area (Å²) in [7, 11) is 0. The van der Waals surface area contributed by atoms with Gasteiger partial charge < -0.3 is 11.1 Å². The van der Waals surface area contributed by atoms with Gasteiger partial charge in [-0.25, -0.2) is 0 Å². The lowest BCUT2D eigenvalue weighted by Gasteiger charge is -2.35. The van der Waals surface area contributed by atoms with Crippen LogP contribution in [-0.4, -0.2) is 19.0 Å². The molecule has 0 heterocycles. The van der Waals surface area contributed by atoms with Crippen LogP contribution in [0.1, 0.15) is 44.1 Å². The van der Waals surface area contributed by atoms with Gasteiger partial charge in [-0.2, -0.15) is 0 Å². The predicted octanol–water partition coefficient (Wildman–Crippen LogP) is 3.72. The van der Waals surface area contributed by atoms with Crippen LogP contribution in [0.5, 0.6) is 0 Å². The molecule has 1 aromatic rings. The average molecular weight is 345 g/mol. The Morgan fingerprint density at radius 1 is 1.23 bits per heavy atom. The fourth-order valence-electron chi connectivity index (χ4n) is 3.20. The first-order valence-electron chi connectivity index (χ1n) is 7.85. The molecule has 0 spiro atoms. The lowest BCUT2D eigenvalue weighted by molar-refractivity contribution is -0.123. The topological polar surface area (TPSA) is 55.1 Å². The molecule has 0 saturated heterocycles. The maximum Gasteiger partial charge on any atom is 0.220 e.